The summed E-state index contributed by atoms with van der Waals surface area (Å²) >= 11 is 5.91. The van der Waals surface area contributed by atoms with Gasteiger partial charge >= 0.3 is 0 Å². The van der Waals surface area contributed by atoms with Gasteiger partial charge in [-0.15, -0.1) is 0 Å². The first-order valence-electron chi connectivity index (χ1n) is 5.66. The van der Waals surface area contributed by atoms with E-state index < -0.39 is 0 Å². The second-order valence-electron chi connectivity index (χ2n) is 4.06. The molecule has 2 aromatic rings. The average Bonchev–Trinajstić information content (AvgIpc) is 2.40. The summed E-state index contributed by atoms with van der Waals surface area (Å²) in [4.78, 5) is 0. The van der Waals surface area contributed by atoms with Gasteiger partial charge in [-0.2, -0.15) is 0 Å². The summed E-state index contributed by atoms with van der Waals surface area (Å²) in [6, 6.07) is 13.1. The largest absolute Gasteiger partial charge is 0.397 e. The van der Waals surface area contributed by atoms with E-state index in [2.05, 4.69) is 5.32 Å². The predicted octanol–water partition coefficient (Wildman–Crippen LogP) is 3.03. The van der Waals surface area contributed by atoms with Crippen LogP contribution in [-0.4, -0.2) is 5.11 Å². The SMILES string of the molecule is Nc1ccc(Cl)cc1NCc1ccc(CO)cc1. The van der Waals surface area contributed by atoms with E-state index in [1.807, 2.05) is 24.3 Å². The summed E-state index contributed by atoms with van der Waals surface area (Å²) in [5.41, 5.74) is 9.37. The van der Waals surface area contributed by atoms with Crippen molar-refractivity contribution in [1.82, 2.24) is 0 Å². The number of nitrogen functional groups attached to an aromatic ring is 1. The number of nitrogens with two attached hydrogens (primary N) is 1. The fourth-order valence-electron chi connectivity index (χ4n) is 1.64. The van der Waals surface area contributed by atoms with Gasteiger partial charge in [-0.05, 0) is 29.3 Å². The maximum absolute atomic E-state index is 8.96. The van der Waals surface area contributed by atoms with Crippen molar-refractivity contribution in [2.24, 2.45) is 0 Å². The van der Waals surface area contributed by atoms with Gasteiger partial charge in [0.25, 0.3) is 0 Å². The zero-order valence-electron chi connectivity index (χ0n) is 9.86. The van der Waals surface area contributed by atoms with E-state index in [-0.39, 0.29) is 6.61 Å². The lowest BCUT2D eigenvalue weighted by molar-refractivity contribution is 0.282. The number of hydrogen-bond donors (Lipinski definition) is 3. The highest BCUT2D eigenvalue weighted by Crippen LogP contribution is 2.23. The molecule has 0 bridgehead atoms. The molecule has 4 heteroatoms. The first-order valence-corrected chi connectivity index (χ1v) is 6.04. The molecule has 0 saturated carbocycles. The first kappa shape index (κ1) is 12.7. The Bertz CT molecular complexity index is 526. The second-order valence-corrected chi connectivity index (χ2v) is 4.50. The van der Waals surface area contributed by atoms with Crippen LogP contribution in [0.2, 0.25) is 5.02 Å². The predicted molar refractivity (Wildman–Crippen MR) is 75.6 cm³/mol. The number of nitrogens with one attached hydrogen (secondary N) is 1. The van der Waals surface area contributed by atoms with E-state index in [9.17, 15) is 0 Å². The third kappa shape index (κ3) is 3.15. The van der Waals surface area contributed by atoms with Gasteiger partial charge in [0.05, 0.1) is 18.0 Å². The molecule has 0 aliphatic carbocycles. The van der Waals surface area contributed by atoms with Crippen molar-refractivity contribution < 1.29 is 5.11 Å². The maximum atomic E-state index is 8.96. The molecule has 0 heterocycles. The molecule has 0 saturated heterocycles. The van der Waals surface area contributed by atoms with Crippen molar-refractivity contribution in [1.29, 1.82) is 0 Å². The topological polar surface area (TPSA) is 58.3 Å². The van der Waals surface area contributed by atoms with Crippen molar-refractivity contribution in [3.05, 3.63) is 58.6 Å². The van der Waals surface area contributed by atoms with Crippen LogP contribution in [0.3, 0.4) is 0 Å². The fraction of sp³-hybridized carbons (Fsp3) is 0.143. The Hall–Kier alpha value is -1.71. The second kappa shape index (κ2) is 5.76. The molecule has 18 heavy (non-hydrogen) atoms. The van der Waals surface area contributed by atoms with Gasteiger partial charge in [0.2, 0.25) is 0 Å². The van der Waals surface area contributed by atoms with E-state index in [4.69, 9.17) is 22.4 Å². The number of anilines is 2. The molecule has 0 spiro atoms. The third-order valence-corrected chi connectivity index (χ3v) is 2.94. The molecule has 0 radical (unpaired) electrons. The van der Waals surface area contributed by atoms with Crippen LogP contribution in [0.1, 0.15) is 11.1 Å². The number of hydrogen-bond acceptors (Lipinski definition) is 3. The maximum Gasteiger partial charge on any atom is 0.0681 e. The van der Waals surface area contributed by atoms with Crippen molar-refractivity contribution in [3.8, 4) is 0 Å². The van der Waals surface area contributed by atoms with Gasteiger partial charge < -0.3 is 16.2 Å². The molecule has 0 fully saturated rings. The monoisotopic (exact) mass is 262 g/mol. The van der Waals surface area contributed by atoms with E-state index in [0.717, 1.165) is 16.8 Å². The van der Waals surface area contributed by atoms with Crippen LogP contribution in [0.15, 0.2) is 42.5 Å². The molecule has 0 aliphatic rings. The van der Waals surface area contributed by atoms with Crippen LogP contribution in [-0.2, 0) is 13.2 Å². The van der Waals surface area contributed by atoms with Gasteiger partial charge in [-0.3, -0.25) is 0 Å². The summed E-state index contributed by atoms with van der Waals surface area (Å²) in [5, 5.41) is 12.8. The lowest BCUT2D eigenvalue weighted by Gasteiger charge is -2.10. The zero-order valence-corrected chi connectivity index (χ0v) is 10.6. The van der Waals surface area contributed by atoms with Gasteiger partial charge in [0.1, 0.15) is 0 Å². The summed E-state index contributed by atoms with van der Waals surface area (Å²) < 4.78 is 0. The van der Waals surface area contributed by atoms with Crippen molar-refractivity contribution in [2.45, 2.75) is 13.2 Å². The number of aliphatic hydroxyl groups is 1. The zero-order chi connectivity index (χ0) is 13.0. The minimum atomic E-state index is 0.0644. The number of aliphatic hydroxyl groups excluding tert-OH is 1. The number of benzene rings is 2. The summed E-state index contributed by atoms with van der Waals surface area (Å²) in [5.74, 6) is 0. The molecule has 2 aromatic carbocycles. The van der Waals surface area contributed by atoms with Crippen molar-refractivity contribution >= 4 is 23.0 Å². The Balaban J connectivity index is 2.04. The van der Waals surface area contributed by atoms with Crippen molar-refractivity contribution in [3.63, 3.8) is 0 Å². The van der Waals surface area contributed by atoms with Crippen LogP contribution in [0.5, 0.6) is 0 Å². The number of rotatable bonds is 4. The fourth-order valence-corrected chi connectivity index (χ4v) is 1.81. The molecule has 0 atom stereocenters. The minimum Gasteiger partial charge on any atom is -0.397 e. The van der Waals surface area contributed by atoms with E-state index in [1.54, 1.807) is 18.2 Å². The van der Waals surface area contributed by atoms with Crippen molar-refractivity contribution in [2.75, 3.05) is 11.1 Å². The molecule has 3 nitrogen and oxygen atoms in total. The Labute approximate surface area is 111 Å². The average molecular weight is 263 g/mol. The van der Waals surface area contributed by atoms with Gasteiger partial charge in [0.15, 0.2) is 0 Å². The first-order chi connectivity index (χ1) is 8.69. The minimum absolute atomic E-state index is 0.0644. The number of halogens is 1. The van der Waals surface area contributed by atoms with Crippen LogP contribution in [0.4, 0.5) is 11.4 Å². The summed E-state index contributed by atoms with van der Waals surface area (Å²) in [7, 11) is 0. The quantitative estimate of drug-likeness (QED) is 0.743. The van der Waals surface area contributed by atoms with E-state index in [1.165, 1.54) is 0 Å². The van der Waals surface area contributed by atoms with E-state index in [0.29, 0.717) is 17.3 Å². The molecule has 0 unspecified atom stereocenters. The molecule has 94 valence electrons. The van der Waals surface area contributed by atoms with E-state index >= 15 is 0 Å². The molecule has 0 aliphatic heterocycles. The lowest BCUT2D eigenvalue weighted by Crippen LogP contribution is -2.02. The molecule has 2 rings (SSSR count). The highest BCUT2D eigenvalue weighted by molar-refractivity contribution is 6.31. The van der Waals surface area contributed by atoms with Gasteiger partial charge in [-0.25, -0.2) is 0 Å². The molecule has 4 N–H and O–H groups in total. The van der Waals surface area contributed by atoms with Gasteiger partial charge in [-0.1, -0.05) is 35.9 Å². The standard InChI is InChI=1S/C14H15ClN2O/c15-12-5-6-13(16)14(7-12)17-8-10-1-3-11(9-18)4-2-10/h1-7,17-18H,8-9,16H2. The third-order valence-electron chi connectivity index (χ3n) is 2.70. The molecule has 0 amide bonds. The molecular weight excluding hydrogens is 248 g/mol. The Kier molecular flexibility index (Phi) is 4.07. The molecule has 0 aromatic heterocycles. The van der Waals surface area contributed by atoms with Crippen LogP contribution in [0.25, 0.3) is 0 Å². The van der Waals surface area contributed by atoms with Crippen LogP contribution < -0.4 is 11.1 Å². The Morgan fingerprint density at radius 2 is 1.72 bits per heavy atom. The molecular formula is C14H15ClN2O. The smallest absolute Gasteiger partial charge is 0.0681 e. The van der Waals surface area contributed by atoms with Gasteiger partial charge in [0, 0.05) is 11.6 Å². The summed E-state index contributed by atoms with van der Waals surface area (Å²) in [6.07, 6.45) is 0. The summed E-state index contributed by atoms with van der Waals surface area (Å²) in [6.45, 7) is 0.727. The lowest BCUT2D eigenvalue weighted by atomic mass is 10.1. The Morgan fingerprint density at radius 3 is 2.39 bits per heavy atom. The normalized spacial score (nSPS) is 10.3. The highest BCUT2D eigenvalue weighted by atomic mass is 35.5. The Morgan fingerprint density at radius 1 is 1.06 bits per heavy atom. The van der Waals surface area contributed by atoms with Crippen LogP contribution >= 0.6 is 11.6 Å². The van der Waals surface area contributed by atoms with Crippen LogP contribution in [0, 0.1) is 0 Å². The highest BCUT2D eigenvalue weighted by Gasteiger charge is 2.00.